The second-order valence-electron chi connectivity index (χ2n) is 6.22. The molecule has 0 aliphatic rings. The fraction of sp³-hybridized carbons (Fsp3) is 0.0476. The lowest BCUT2D eigenvalue weighted by atomic mass is 10.2. The largest absolute Gasteiger partial charge is 0.378 e. The molecular formula is C21H16Br2N2O4S. The van der Waals surface area contributed by atoms with E-state index in [-0.39, 0.29) is 16.6 Å². The van der Waals surface area contributed by atoms with Crippen LogP contribution in [0.3, 0.4) is 0 Å². The summed E-state index contributed by atoms with van der Waals surface area (Å²) in [6.07, 6.45) is 1.44. The summed E-state index contributed by atoms with van der Waals surface area (Å²) >= 11 is 6.62. The molecule has 3 rings (SSSR count). The van der Waals surface area contributed by atoms with Crippen molar-refractivity contribution in [2.75, 3.05) is 0 Å². The molecule has 0 atom stereocenters. The van der Waals surface area contributed by atoms with Gasteiger partial charge in [-0.25, -0.2) is 5.43 Å². The van der Waals surface area contributed by atoms with Gasteiger partial charge in [-0.15, -0.1) is 0 Å². The molecule has 0 bridgehead atoms. The molecule has 0 aliphatic carbocycles. The van der Waals surface area contributed by atoms with Crippen LogP contribution in [0.1, 0.15) is 21.5 Å². The molecule has 0 saturated carbocycles. The van der Waals surface area contributed by atoms with Gasteiger partial charge in [0.15, 0.2) is 5.75 Å². The number of aryl methyl sites for hydroxylation is 1. The Bertz CT molecular complexity index is 1210. The van der Waals surface area contributed by atoms with E-state index in [9.17, 15) is 13.2 Å². The molecule has 0 spiro atoms. The fourth-order valence-corrected chi connectivity index (χ4v) is 4.40. The van der Waals surface area contributed by atoms with Crippen LogP contribution in [0.5, 0.6) is 5.75 Å². The molecule has 30 heavy (non-hydrogen) atoms. The fourth-order valence-electron chi connectivity index (χ4n) is 2.41. The van der Waals surface area contributed by atoms with Crippen LogP contribution >= 0.6 is 31.9 Å². The van der Waals surface area contributed by atoms with Gasteiger partial charge in [-0.2, -0.15) is 13.5 Å². The van der Waals surface area contributed by atoms with E-state index in [2.05, 4.69) is 42.4 Å². The zero-order chi connectivity index (χ0) is 21.7. The van der Waals surface area contributed by atoms with Crippen LogP contribution < -0.4 is 9.61 Å². The summed E-state index contributed by atoms with van der Waals surface area (Å²) in [5, 5.41) is 3.93. The molecule has 0 radical (unpaired) electrons. The molecule has 0 aromatic heterocycles. The molecule has 3 aromatic rings. The van der Waals surface area contributed by atoms with E-state index in [4.69, 9.17) is 4.18 Å². The Labute approximate surface area is 191 Å². The Hall–Kier alpha value is -2.49. The molecule has 0 heterocycles. The van der Waals surface area contributed by atoms with Crippen molar-refractivity contribution in [3.8, 4) is 5.75 Å². The summed E-state index contributed by atoms with van der Waals surface area (Å²) in [6.45, 7) is 1.87. The maximum absolute atomic E-state index is 12.4. The minimum Gasteiger partial charge on any atom is -0.378 e. The Balaban J connectivity index is 1.69. The smallest absolute Gasteiger partial charge is 0.339 e. The van der Waals surface area contributed by atoms with Gasteiger partial charge in [0, 0.05) is 4.47 Å². The second-order valence-corrected chi connectivity index (χ2v) is 9.47. The van der Waals surface area contributed by atoms with Gasteiger partial charge >= 0.3 is 10.1 Å². The third-order valence-electron chi connectivity index (χ3n) is 3.96. The quantitative estimate of drug-likeness (QED) is 0.264. The summed E-state index contributed by atoms with van der Waals surface area (Å²) in [6, 6.07) is 18.2. The maximum Gasteiger partial charge on any atom is 0.339 e. The zero-order valence-corrected chi connectivity index (χ0v) is 19.7. The van der Waals surface area contributed by atoms with Crippen LogP contribution in [0.15, 0.2) is 85.7 Å². The van der Waals surface area contributed by atoms with E-state index in [1.807, 2.05) is 13.0 Å². The third-order valence-corrected chi connectivity index (χ3v) is 6.52. The third kappa shape index (κ3) is 5.56. The number of nitrogens with one attached hydrogen (secondary N) is 1. The van der Waals surface area contributed by atoms with Crippen LogP contribution in [-0.2, 0) is 10.1 Å². The Kier molecular flexibility index (Phi) is 7.06. The van der Waals surface area contributed by atoms with Crippen molar-refractivity contribution in [3.05, 3.63) is 92.4 Å². The molecule has 1 amide bonds. The summed E-state index contributed by atoms with van der Waals surface area (Å²) in [4.78, 5) is 12.2. The van der Waals surface area contributed by atoms with Crippen molar-refractivity contribution in [1.29, 1.82) is 0 Å². The van der Waals surface area contributed by atoms with Crippen molar-refractivity contribution in [2.24, 2.45) is 5.10 Å². The first-order chi connectivity index (χ1) is 14.3. The number of halogens is 2. The van der Waals surface area contributed by atoms with Gasteiger partial charge < -0.3 is 4.18 Å². The van der Waals surface area contributed by atoms with Crippen molar-refractivity contribution in [2.45, 2.75) is 11.8 Å². The number of hydrazone groups is 1. The van der Waals surface area contributed by atoms with Gasteiger partial charge in [-0.05, 0) is 86.8 Å². The van der Waals surface area contributed by atoms with E-state index >= 15 is 0 Å². The predicted octanol–water partition coefficient (Wildman–Crippen LogP) is 5.05. The minimum absolute atomic E-state index is 0.0698. The molecule has 0 aliphatic heterocycles. The predicted molar refractivity (Wildman–Crippen MR) is 122 cm³/mol. The van der Waals surface area contributed by atoms with E-state index in [0.29, 0.717) is 20.1 Å². The molecule has 1 N–H and O–H groups in total. The normalized spacial score (nSPS) is 11.4. The molecule has 154 valence electrons. The van der Waals surface area contributed by atoms with Crippen LogP contribution in [-0.4, -0.2) is 20.5 Å². The van der Waals surface area contributed by atoms with Crippen LogP contribution in [0.2, 0.25) is 0 Å². The SMILES string of the molecule is Cc1ccc(S(=O)(=O)Oc2ccc(C=NNC(=O)c3ccccc3Br)cc2Br)cc1. The standard InChI is InChI=1S/C21H16Br2N2O4S/c1-14-6-9-16(10-7-14)30(27,28)29-20-11-8-15(12-19(20)23)13-24-25-21(26)17-4-2-3-5-18(17)22/h2-13H,1H3,(H,25,26). The molecule has 0 saturated heterocycles. The van der Waals surface area contributed by atoms with Gasteiger partial charge in [0.25, 0.3) is 5.91 Å². The summed E-state index contributed by atoms with van der Waals surface area (Å²) in [5.74, 6) is -0.216. The summed E-state index contributed by atoms with van der Waals surface area (Å²) < 4.78 is 31.2. The van der Waals surface area contributed by atoms with E-state index < -0.39 is 10.1 Å². The van der Waals surface area contributed by atoms with Crippen molar-refractivity contribution in [3.63, 3.8) is 0 Å². The lowest BCUT2D eigenvalue weighted by Crippen LogP contribution is -2.18. The number of nitrogens with zero attached hydrogens (tertiary/aromatic N) is 1. The lowest BCUT2D eigenvalue weighted by Gasteiger charge is -2.09. The Morgan fingerprint density at radius 1 is 1.00 bits per heavy atom. The lowest BCUT2D eigenvalue weighted by molar-refractivity contribution is 0.0954. The van der Waals surface area contributed by atoms with Crippen molar-refractivity contribution >= 4 is 54.1 Å². The average Bonchev–Trinajstić information content (AvgIpc) is 2.70. The molecule has 3 aromatic carbocycles. The first-order valence-electron chi connectivity index (χ1n) is 8.65. The van der Waals surface area contributed by atoms with Crippen molar-refractivity contribution < 1.29 is 17.4 Å². The molecule has 0 fully saturated rings. The number of hydrogen-bond donors (Lipinski definition) is 1. The molecule has 0 unspecified atom stereocenters. The number of hydrogen-bond acceptors (Lipinski definition) is 5. The second kappa shape index (κ2) is 9.55. The average molecular weight is 552 g/mol. The monoisotopic (exact) mass is 550 g/mol. The van der Waals surface area contributed by atoms with Crippen LogP contribution in [0.25, 0.3) is 0 Å². The van der Waals surface area contributed by atoms with Gasteiger partial charge in [0.2, 0.25) is 0 Å². The maximum atomic E-state index is 12.4. The first-order valence-corrected chi connectivity index (χ1v) is 11.6. The Morgan fingerprint density at radius 2 is 1.70 bits per heavy atom. The Morgan fingerprint density at radius 3 is 2.37 bits per heavy atom. The minimum atomic E-state index is -3.95. The number of carbonyl (C=O) groups excluding carboxylic acids is 1. The summed E-state index contributed by atoms with van der Waals surface area (Å²) in [7, 11) is -3.95. The number of rotatable bonds is 6. The van der Waals surface area contributed by atoms with Crippen molar-refractivity contribution in [1.82, 2.24) is 5.43 Å². The molecule has 6 nitrogen and oxygen atoms in total. The topological polar surface area (TPSA) is 84.8 Å². The number of benzene rings is 3. The molecular weight excluding hydrogens is 536 g/mol. The van der Waals surface area contributed by atoms with Crippen LogP contribution in [0.4, 0.5) is 0 Å². The highest BCUT2D eigenvalue weighted by Gasteiger charge is 2.18. The summed E-state index contributed by atoms with van der Waals surface area (Å²) in [5.41, 5.74) is 4.49. The van der Waals surface area contributed by atoms with Gasteiger partial charge in [-0.3, -0.25) is 4.79 Å². The van der Waals surface area contributed by atoms with E-state index in [1.165, 1.54) is 24.4 Å². The highest BCUT2D eigenvalue weighted by molar-refractivity contribution is 9.10. The van der Waals surface area contributed by atoms with Gasteiger partial charge in [0.1, 0.15) is 4.90 Å². The number of carbonyl (C=O) groups is 1. The van der Waals surface area contributed by atoms with Gasteiger partial charge in [-0.1, -0.05) is 29.8 Å². The van der Waals surface area contributed by atoms with E-state index in [0.717, 1.165) is 5.56 Å². The highest BCUT2D eigenvalue weighted by Crippen LogP contribution is 2.28. The zero-order valence-electron chi connectivity index (χ0n) is 15.7. The van der Waals surface area contributed by atoms with Gasteiger partial charge in [0.05, 0.1) is 16.3 Å². The van der Waals surface area contributed by atoms with E-state index in [1.54, 1.807) is 42.5 Å². The molecule has 9 heteroatoms. The highest BCUT2D eigenvalue weighted by atomic mass is 79.9. The number of amides is 1. The first kappa shape index (κ1) is 22.2. The van der Waals surface area contributed by atoms with Crippen LogP contribution in [0, 0.1) is 6.92 Å².